The van der Waals surface area contributed by atoms with E-state index in [-0.39, 0.29) is 24.0 Å². The van der Waals surface area contributed by atoms with Gasteiger partial charge in [0.05, 0.1) is 5.75 Å². The van der Waals surface area contributed by atoms with E-state index in [0.717, 1.165) is 12.1 Å². The van der Waals surface area contributed by atoms with Crippen LogP contribution < -0.4 is 5.32 Å². The number of nitrogens with one attached hydrogen (secondary N) is 1. The molecular weight excluding hydrogens is 322 g/mol. The summed E-state index contributed by atoms with van der Waals surface area (Å²) >= 11 is 0. The summed E-state index contributed by atoms with van der Waals surface area (Å²) in [6.45, 7) is 0. The lowest BCUT2D eigenvalue weighted by Gasteiger charge is -2.10. The minimum atomic E-state index is -3.11. The molecule has 1 aliphatic carbocycles. The minimum absolute atomic E-state index is 0.0277. The summed E-state index contributed by atoms with van der Waals surface area (Å²) in [6, 6.07) is 14.3. The van der Waals surface area contributed by atoms with Crippen LogP contribution in [0.2, 0.25) is 0 Å². The molecule has 0 bridgehead atoms. The Morgan fingerprint density at radius 2 is 1.88 bits per heavy atom. The highest BCUT2D eigenvalue weighted by atomic mass is 32.2. The molecule has 0 radical (unpaired) electrons. The Labute approximate surface area is 141 Å². The average molecular weight is 339 g/mol. The van der Waals surface area contributed by atoms with Crippen molar-refractivity contribution in [3.8, 4) is 11.1 Å². The van der Waals surface area contributed by atoms with Crippen molar-refractivity contribution in [3.63, 3.8) is 0 Å². The number of carbonyl (C=O) groups is 1. The van der Waals surface area contributed by atoms with Crippen molar-refractivity contribution in [3.05, 3.63) is 65.1 Å². The Morgan fingerprint density at radius 3 is 2.67 bits per heavy atom. The Balaban J connectivity index is 1.46. The Hall–Kier alpha value is -2.40. The molecule has 0 fully saturated rings. The predicted molar refractivity (Wildman–Crippen MR) is 94.3 cm³/mol. The van der Waals surface area contributed by atoms with Crippen molar-refractivity contribution in [1.29, 1.82) is 0 Å². The first kappa shape index (κ1) is 15.1. The standard InChI is InChI=1S/C19H17NO3S/c21-19(9-13-7-8-24(22,23)12-13)20-16-5-6-18-15(11-16)10-14-3-1-2-4-17(14)18/h1-8,11,13H,9-10,12H2,(H,20,21). The van der Waals surface area contributed by atoms with E-state index < -0.39 is 9.84 Å². The van der Waals surface area contributed by atoms with Crippen molar-refractivity contribution in [1.82, 2.24) is 0 Å². The molecule has 1 amide bonds. The lowest BCUT2D eigenvalue weighted by molar-refractivity contribution is -0.116. The van der Waals surface area contributed by atoms with Gasteiger partial charge in [0, 0.05) is 23.4 Å². The number of sulfone groups is 1. The van der Waals surface area contributed by atoms with Crippen LogP contribution in [-0.2, 0) is 21.1 Å². The topological polar surface area (TPSA) is 63.2 Å². The number of anilines is 1. The summed E-state index contributed by atoms with van der Waals surface area (Å²) < 4.78 is 22.8. The smallest absolute Gasteiger partial charge is 0.224 e. The molecule has 0 saturated heterocycles. The van der Waals surface area contributed by atoms with Crippen LogP contribution in [0.5, 0.6) is 0 Å². The number of benzene rings is 2. The second-order valence-electron chi connectivity index (χ2n) is 6.38. The number of hydrogen-bond acceptors (Lipinski definition) is 3. The first-order valence-corrected chi connectivity index (χ1v) is 9.64. The van der Waals surface area contributed by atoms with Gasteiger partial charge in [0.25, 0.3) is 0 Å². The van der Waals surface area contributed by atoms with E-state index in [9.17, 15) is 13.2 Å². The molecule has 1 N–H and O–H groups in total. The quantitative estimate of drug-likeness (QED) is 0.797. The highest BCUT2D eigenvalue weighted by Crippen LogP contribution is 2.37. The van der Waals surface area contributed by atoms with Crippen molar-refractivity contribution in [2.24, 2.45) is 5.92 Å². The van der Waals surface area contributed by atoms with Gasteiger partial charge in [-0.1, -0.05) is 36.4 Å². The van der Waals surface area contributed by atoms with Gasteiger partial charge >= 0.3 is 0 Å². The first-order valence-electron chi connectivity index (χ1n) is 7.92. The molecule has 1 atom stereocenters. The van der Waals surface area contributed by atoms with E-state index >= 15 is 0 Å². The number of allylic oxidation sites excluding steroid dienone is 1. The third kappa shape index (κ3) is 2.87. The van der Waals surface area contributed by atoms with Crippen molar-refractivity contribution in [2.45, 2.75) is 12.8 Å². The number of fused-ring (bicyclic) bond motifs is 3. The van der Waals surface area contributed by atoms with Crippen molar-refractivity contribution in [2.75, 3.05) is 11.1 Å². The fraction of sp³-hybridized carbons (Fsp3) is 0.211. The van der Waals surface area contributed by atoms with Gasteiger partial charge in [-0.3, -0.25) is 4.79 Å². The van der Waals surface area contributed by atoms with Crippen LogP contribution >= 0.6 is 0 Å². The zero-order chi connectivity index (χ0) is 16.7. The van der Waals surface area contributed by atoms with Crippen molar-refractivity contribution < 1.29 is 13.2 Å². The summed E-state index contributed by atoms with van der Waals surface area (Å²) in [5.41, 5.74) is 5.74. The van der Waals surface area contributed by atoms with E-state index in [0.29, 0.717) is 0 Å². The highest BCUT2D eigenvalue weighted by molar-refractivity contribution is 7.94. The number of amides is 1. The summed E-state index contributed by atoms with van der Waals surface area (Å²) in [4.78, 5) is 12.2. The third-order valence-electron chi connectivity index (χ3n) is 4.53. The summed E-state index contributed by atoms with van der Waals surface area (Å²) in [7, 11) is -3.11. The zero-order valence-electron chi connectivity index (χ0n) is 13.0. The summed E-state index contributed by atoms with van der Waals surface area (Å²) in [6.07, 6.45) is 2.67. The average Bonchev–Trinajstić information content (AvgIpc) is 3.06. The second-order valence-corrected chi connectivity index (χ2v) is 8.31. The van der Waals surface area contributed by atoms with Gasteiger partial charge < -0.3 is 5.32 Å². The van der Waals surface area contributed by atoms with Gasteiger partial charge in [-0.05, 0) is 40.8 Å². The molecule has 24 heavy (non-hydrogen) atoms. The van der Waals surface area contributed by atoms with Crippen LogP contribution in [0, 0.1) is 5.92 Å². The molecule has 2 aromatic carbocycles. The molecule has 122 valence electrons. The largest absolute Gasteiger partial charge is 0.326 e. The molecule has 2 aromatic rings. The Kier molecular flexibility index (Phi) is 3.53. The van der Waals surface area contributed by atoms with Gasteiger partial charge in [0.2, 0.25) is 5.91 Å². The van der Waals surface area contributed by atoms with Gasteiger partial charge in [0.1, 0.15) is 0 Å². The van der Waals surface area contributed by atoms with E-state index in [1.165, 1.54) is 27.7 Å². The monoisotopic (exact) mass is 339 g/mol. The highest BCUT2D eigenvalue weighted by Gasteiger charge is 2.24. The van der Waals surface area contributed by atoms with Crippen LogP contribution in [0.1, 0.15) is 17.5 Å². The van der Waals surface area contributed by atoms with E-state index in [1.807, 2.05) is 30.3 Å². The number of carbonyl (C=O) groups excluding carboxylic acids is 1. The molecule has 0 saturated carbocycles. The maximum absolute atomic E-state index is 12.2. The third-order valence-corrected chi connectivity index (χ3v) is 5.99. The maximum Gasteiger partial charge on any atom is 0.224 e. The summed E-state index contributed by atoms with van der Waals surface area (Å²) in [5, 5.41) is 4.09. The Morgan fingerprint density at radius 1 is 1.08 bits per heavy atom. The van der Waals surface area contributed by atoms with Crippen LogP contribution in [0.15, 0.2) is 53.9 Å². The van der Waals surface area contributed by atoms with Crippen LogP contribution in [0.3, 0.4) is 0 Å². The first-order chi connectivity index (χ1) is 11.5. The van der Waals surface area contributed by atoms with E-state index in [2.05, 4.69) is 17.4 Å². The molecule has 1 heterocycles. The molecule has 5 heteroatoms. The van der Waals surface area contributed by atoms with Crippen LogP contribution in [-0.4, -0.2) is 20.1 Å². The molecular formula is C19H17NO3S. The predicted octanol–water partition coefficient (Wildman–Crippen LogP) is 3.14. The molecule has 1 unspecified atom stereocenters. The minimum Gasteiger partial charge on any atom is -0.326 e. The molecule has 1 aliphatic heterocycles. The molecule has 2 aliphatic rings. The fourth-order valence-corrected chi connectivity index (χ4v) is 4.84. The lowest BCUT2D eigenvalue weighted by atomic mass is 10.1. The van der Waals surface area contributed by atoms with Gasteiger partial charge in [-0.25, -0.2) is 8.42 Å². The van der Waals surface area contributed by atoms with Gasteiger partial charge in [-0.2, -0.15) is 0 Å². The molecule has 0 aromatic heterocycles. The lowest BCUT2D eigenvalue weighted by Crippen LogP contribution is -2.17. The van der Waals surface area contributed by atoms with Crippen LogP contribution in [0.4, 0.5) is 5.69 Å². The molecule has 4 rings (SSSR count). The number of hydrogen-bond donors (Lipinski definition) is 1. The molecule has 4 nitrogen and oxygen atoms in total. The van der Waals surface area contributed by atoms with Gasteiger partial charge in [0.15, 0.2) is 9.84 Å². The Bertz CT molecular complexity index is 960. The maximum atomic E-state index is 12.2. The van der Waals surface area contributed by atoms with Gasteiger partial charge in [-0.15, -0.1) is 0 Å². The summed E-state index contributed by atoms with van der Waals surface area (Å²) in [5.74, 6) is -0.356. The fourth-order valence-electron chi connectivity index (χ4n) is 3.44. The van der Waals surface area contributed by atoms with Crippen molar-refractivity contribution >= 4 is 21.4 Å². The SMILES string of the molecule is O=C(CC1C=CS(=O)(=O)C1)Nc1ccc2c(c1)Cc1ccccc1-2. The zero-order valence-corrected chi connectivity index (χ0v) is 13.8. The van der Waals surface area contributed by atoms with E-state index in [4.69, 9.17) is 0 Å². The number of rotatable bonds is 3. The molecule has 0 spiro atoms. The van der Waals surface area contributed by atoms with E-state index in [1.54, 1.807) is 6.08 Å². The normalized spacial score (nSPS) is 19.8. The van der Waals surface area contributed by atoms with Crippen LogP contribution in [0.25, 0.3) is 11.1 Å². The second kappa shape index (κ2) is 5.60.